The van der Waals surface area contributed by atoms with Crippen LogP contribution in [-0.2, 0) is 6.54 Å². The van der Waals surface area contributed by atoms with Gasteiger partial charge in [0.15, 0.2) is 0 Å². The first kappa shape index (κ1) is 8.97. The van der Waals surface area contributed by atoms with Crippen LogP contribution in [-0.4, -0.2) is 27.6 Å². The van der Waals surface area contributed by atoms with E-state index in [0.29, 0.717) is 11.2 Å². The van der Waals surface area contributed by atoms with E-state index in [4.69, 9.17) is 11.6 Å². The van der Waals surface area contributed by atoms with Crippen molar-refractivity contribution in [3.05, 3.63) is 11.3 Å². The number of hydrogen-bond acceptors (Lipinski definition) is 3. The molecule has 0 amide bonds. The van der Waals surface area contributed by atoms with Crippen molar-refractivity contribution in [3.8, 4) is 0 Å². The minimum Gasteiger partial charge on any atom is -0.312 e. The van der Waals surface area contributed by atoms with Crippen LogP contribution in [0.4, 0.5) is 0 Å². The molecule has 1 aromatic rings. The Kier molecular flexibility index (Phi) is 2.80. The van der Waals surface area contributed by atoms with Gasteiger partial charge in [-0.05, 0) is 19.4 Å². The number of halogens is 1. The fourth-order valence-corrected chi connectivity index (χ4v) is 1.80. The Morgan fingerprint density at radius 1 is 1.62 bits per heavy atom. The van der Waals surface area contributed by atoms with Crippen molar-refractivity contribution in [2.24, 2.45) is 0 Å². The zero-order valence-corrected chi connectivity index (χ0v) is 8.17. The van der Waals surface area contributed by atoms with Gasteiger partial charge >= 0.3 is 0 Å². The van der Waals surface area contributed by atoms with Crippen molar-refractivity contribution in [2.45, 2.75) is 31.8 Å². The first-order valence-corrected chi connectivity index (χ1v) is 5.01. The maximum Gasteiger partial charge on any atom is 0.147 e. The summed E-state index contributed by atoms with van der Waals surface area (Å²) in [6.45, 7) is 1.94. The van der Waals surface area contributed by atoms with E-state index in [0.717, 1.165) is 13.1 Å². The largest absolute Gasteiger partial charge is 0.312 e. The molecule has 1 aliphatic rings. The van der Waals surface area contributed by atoms with Crippen molar-refractivity contribution in [2.75, 3.05) is 6.54 Å². The van der Waals surface area contributed by atoms with Crippen molar-refractivity contribution >= 4 is 11.6 Å². The van der Waals surface area contributed by atoms with Crippen LogP contribution in [0.1, 0.15) is 19.3 Å². The molecule has 4 nitrogen and oxygen atoms in total. The van der Waals surface area contributed by atoms with Gasteiger partial charge in [0.2, 0.25) is 0 Å². The second kappa shape index (κ2) is 4.07. The van der Waals surface area contributed by atoms with Gasteiger partial charge in [-0.2, -0.15) is 0 Å². The molecule has 0 saturated carbocycles. The zero-order valence-electron chi connectivity index (χ0n) is 7.41. The second-order valence-corrected chi connectivity index (χ2v) is 3.77. The molecule has 72 valence electrons. The Morgan fingerprint density at radius 2 is 2.54 bits per heavy atom. The van der Waals surface area contributed by atoms with Crippen molar-refractivity contribution in [3.63, 3.8) is 0 Å². The number of nitrogens with one attached hydrogen (secondary N) is 1. The molecule has 2 heterocycles. The number of piperidine rings is 1. The summed E-state index contributed by atoms with van der Waals surface area (Å²) in [6.07, 6.45) is 5.35. The highest BCUT2D eigenvalue weighted by Gasteiger charge is 2.14. The summed E-state index contributed by atoms with van der Waals surface area (Å²) in [6, 6.07) is 0.507. The molecular weight excluding hydrogens is 188 g/mol. The van der Waals surface area contributed by atoms with E-state index in [2.05, 4.69) is 15.6 Å². The number of rotatable bonds is 2. The highest BCUT2D eigenvalue weighted by Crippen LogP contribution is 2.11. The molecule has 0 spiro atoms. The van der Waals surface area contributed by atoms with Crippen molar-refractivity contribution in [1.82, 2.24) is 20.3 Å². The molecule has 1 fully saturated rings. The lowest BCUT2D eigenvalue weighted by Crippen LogP contribution is -2.37. The number of nitrogens with zero attached hydrogens (tertiary/aromatic N) is 3. The average molecular weight is 201 g/mol. The van der Waals surface area contributed by atoms with Gasteiger partial charge < -0.3 is 5.32 Å². The smallest absolute Gasteiger partial charge is 0.147 e. The Hall–Kier alpha value is -0.610. The maximum absolute atomic E-state index is 5.87. The van der Waals surface area contributed by atoms with Gasteiger partial charge in [-0.25, -0.2) is 4.68 Å². The minimum absolute atomic E-state index is 0.507. The van der Waals surface area contributed by atoms with E-state index in [1.807, 2.05) is 0 Å². The van der Waals surface area contributed by atoms with E-state index in [1.165, 1.54) is 19.3 Å². The minimum atomic E-state index is 0.507. The molecule has 1 N–H and O–H groups in total. The van der Waals surface area contributed by atoms with Crippen LogP contribution in [0.2, 0.25) is 5.15 Å². The molecule has 5 heteroatoms. The van der Waals surface area contributed by atoms with Crippen LogP contribution in [0, 0.1) is 0 Å². The molecule has 0 radical (unpaired) electrons. The highest BCUT2D eigenvalue weighted by molar-refractivity contribution is 6.29. The summed E-state index contributed by atoms with van der Waals surface area (Å²) in [5.74, 6) is 0. The average Bonchev–Trinajstić information content (AvgIpc) is 2.54. The van der Waals surface area contributed by atoms with Gasteiger partial charge in [0.1, 0.15) is 5.15 Å². The molecule has 0 bridgehead atoms. The molecule has 1 saturated heterocycles. The molecule has 0 aliphatic carbocycles. The Labute approximate surface area is 82.3 Å². The summed E-state index contributed by atoms with van der Waals surface area (Å²) < 4.78 is 1.74. The zero-order chi connectivity index (χ0) is 9.10. The van der Waals surface area contributed by atoms with Crippen LogP contribution >= 0.6 is 11.6 Å². The van der Waals surface area contributed by atoms with E-state index in [1.54, 1.807) is 10.9 Å². The van der Waals surface area contributed by atoms with Gasteiger partial charge in [0, 0.05) is 6.04 Å². The SMILES string of the molecule is Clc1cnnn1CC1CCCCN1. The third-order valence-electron chi connectivity index (χ3n) is 2.38. The Bertz CT molecular complexity index is 267. The standard InChI is InChI=1S/C8H13ClN4/c9-8-5-11-12-13(8)6-7-3-1-2-4-10-7/h5,7,10H,1-4,6H2. The lowest BCUT2D eigenvalue weighted by Gasteiger charge is -2.23. The quantitative estimate of drug-likeness (QED) is 0.777. The summed E-state index contributed by atoms with van der Waals surface area (Å²) >= 11 is 5.87. The molecular formula is C8H13ClN4. The highest BCUT2D eigenvalue weighted by atomic mass is 35.5. The Balaban J connectivity index is 1.93. The second-order valence-electron chi connectivity index (χ2n) is 3.39. The van der Waals surface area contributed by atoms with Gasteiger partial charge in [0.25, 0.3) is 0 Å². The predicted octanol–water partition coefficient (Wildman–Crippen LogP) is 1.07. The summed E-state index contributed by atoms with van der Waals surface area (Å²) in [7, 11) is 0. The molecule has 2 rings (SSSR count). The maximum atomic E-state index is 5.87. The van der Waals surface area contributed by atoms with Gasteiger partial charge in [-0.3, -0.25) is 0 Å². The fraction of sp³-hybridized carbons (Fsp3) is 0.750. The van der Waals surface area contributed by atoms with Gasteiger partial charge in [-0.15, -0.1) is 5.10 Å². The molecule has 1 atom stereocenters. The third kappa shape index (κ3) is 2.19. The van der Waals surface area contributed by atoms with Crippen LogP contribution < -0.4 is 5.32 Å². The number of hydrogen-bond donors (Lipinski definition) is 1. The lowest BCUT2D eigenvalue weighted by atomic mass is 10.1. The molecule has 1 aromatic heterocycles. The molecule has 13 heavy (non-hydrogen) atoms. The van der Waals surface area contributed by atoms with Crippen LogP contribution in [0.3, 0.4) is 0 Å². The summed E-state index contributed by atoms with van der Waals surface area (Å²) in [5.41, 5.74) is 0. The van der Waals surface area contributed by atoms with E-state index in [9.17, 15) is 0 Å². The summed E-state index contributed by atoms with van der Waals surface area (Å²) in [5, 5.41) is 11.7. The molecule has 0 aromatic carbocycles. The van der Waals surface area contributed by atoms with Crippen LogP contribution in [0.5, 0.6) is 0 Å². The summed E-state index contributed by atoms with van der Waals surface area (Å²) in [4.78, 5) is 0. The van der Waals surface area contributed by atoms with Crippen molar-refractivity contribution in [1.29, 1.82) is 0 Å². The molecule has 1 aliphatic heterocycles. The van der Waals surface area contributed by atoms with Crippen LogP contribution in [0.25, 0.3) is 0 Å². The number of aromatic nitrogens is 3. The van der Waals surface area contributed by atoms with E-state index < -0.39 is 0 Å². The normalized spacial score (nSPS) is 23.3. The molecule has 1 unspecified atom stereocenters. The topological polar surface area (TPSA) is 42.7 Å². The van der Waals surface area contributed by atoms with Crippen LogP contribution in [0.15, 0.2) is 6.20 Å². The van der Waals surface area contributed by atoms with E-state index >= 15 is 0 Å². The fourth-order valence-electron chi connectivity index (χ4n) is 1.66. The lowest BCUT2D eigenvalue weighted by molar-refractivity contribution is 0.348. The predicted molar refractivity (Wildman–Crippen MR) is 50.7 cm³/mol. The van der Waals surface area contributed by atoms with E-state index in [-0.39, 0.29) is 0 Å². The first-order valence-electron chi connectivity index (χ1n) is 4.63. The van der Waals surface area contributed by atoms with Crippen molar-refractivity contribution < 1.29 is 0 Å². The Morgan fingerprint density at radius 3 is 3.15 bits per heavy atom. The monoisotopic (exact) mass is 200 g/mol. The third-order valence-corrected chi connectivity index (χ3v) is 2.67. The van der Waals surface area contributed by atoms with Gasteiger partial charge in [0.05, 0.1) is 12.7 Å². The van der Waals surface area contributed by atoms with Gasteiger partial charge in [-0.1, -0.05) is 23.2 Å². The first-order chi connectivity index (χ1) is 6.36.